The first kappa shape index (κ1) is 15.8. The van der Waals surface area contributed by atoms with Crippen LogP contribution in [-0.4, -0.2) is 16.4 Å². The molecule has 0 aliphatic rings. The second kappa shape index (κ2) is 6.23. The van der Waals surface area contributed by atoms with Crippen molar-refractivity contribution in [3.8, 4) is 0 Å². The van der Waals surface area contributed by atoms with E-state index in [1.165, 1.54) is 6.92 Å². The third-order valence-electron chi connectivity index (χ3n) is 3.31. The van der Waals surface area contributed by atoms with Gasteiger partial charge in [-0.25, -0.2) is 0 Å². The Morgan fingerprint density at radius 3 is 2.20 bits per heavy atom. The lowest BCUT2D eigenvalue weighted by Gasteiger charge is -2.08. The molecule has 2 amide bonds. The molecule has 1 aromatic carbocycles. The molecule has 2 aromatic rings. The van der Waals surface area contributed by atoms with Crippen molar-refractivity contribution in [2.75, 3.05) is 0 Å². The summed E-state index contributed by atoms with van der Waals surface area (Å²) in [6.45, 7) is 5.19. The van der Waals surface area contributed by atoms with Crippen LogP contribution in [0, 0.1) is 6.92 Å². The van der Waals surface area contributed by atoms with Gasteiger partial charge in [-0.05, 0) is 25.5 Å². The van der Waals surface area contributed by atoms with Crippen LogP contribution < -0.4 is 11.5 Å². The normalized spacial score (nSPS) is 11.6. The predicted molar refractivity (Wildman–Crippen MR) is 80.1 cm³/mol. The lowest BCUT2D eigenvalue weighted by molar-refractivity contribution is -0.119. The Balaban J connectivity index is 0.000000444. The molecule has 1 unspecified atom stereocenters. The van der Waals surface area contributed by atoms with Gasteiger partial charge in [-0.15, -0.1) is 0 Å². The number of nitrogens with zero attached hydrogens (tertiary/aromatic N) is 1. The van der Waals surface area contributed by atoms with Gasteiger partial charge in [0, 0.05) is 30.6 Å². The van der Waals surface area contributed by atoms with Crippen LogP contribution in [0.15, 0.2) is 24.3 Å². The third kappa shape index (κ3) is 3.17. The second-order valence-corrected chi connectivity index (χ2v) is 4.81. The number of aryl methyl sites for hydroxylation is 1. The van der Waals surface area contributed by atoms with Gasteiger partial charge in [0.05, 0.1) is 5.92 Å². The van der Waals surface area contributed by atoms with Crippen molar-refractivity contribution in [2.45, 2.75) is 26.7 Å². The van der Waals surface area contributed by atoms with Crippen molar-refractivity contribution < 1.29 is 9.59 Å². The molecule has 0 bridgehead atoms. The maximum absolute atomic E-state index is 11.3. The topological polar surface area (TPSA) is 91.1 Å². The monoisotopic (exact) mass is 275 g/mol. The minimum absolute atomic E-state index is 0.244. The van der Waals surface area contributed by atoms with Gasteiger partial charge in [0.1, 0.15) is 0 Å². The molecule has 4 N–H and O–H groups in total. The number of rotatable bonds is 2. The zero-order valence-electron chi connectivity index (χ0n) is 12.3. The highest BCUT2D eigenvalue weighted by molar-refractivity contribution is 5.92. The highest BCUT2D eigenvalue weighted by atomic mass is 16.1. The first-order chi connectivity index (χ1) is 9.27. The highest BCUT2D eigenvalue weighted by Gasteiger charge is 2.20. The number of hydrogen-bond donors (Lipinski definition) is 2. The quantitative estimate of drug-likeness (QED) is 0.870. The summed E-state index contributed by atoms with van der Waals surface area (Å²) in [5, 5.41) is 1.12. The van der Waals surface area contributed by atoms with Crippen molar-refractivity contribution in [1.82, 2.24) is 4.57 Å². The van der Waals surface area contributed by atoms with E-state index in [4.69, 9.17) is 5.73 Å². The molecule has 0 fully saturated rings. The number of hydrogen-bond acceptors (Lipinski definition) is 2. The van der Waals surface area contributed by atoms with Crippen molar-refractivity contribution in [3.05, 3.63) is 35.5 Å². The van der Waals surface area contributed by atoms with Gasteiger partial charge in [0.25, 0.3) is 0 Å². The summed E-state index contributed by atoms with van der Waals surface area (Å²) in [6, 6.07) is 8.08. The van der Waals surface area contributed by atoms with Gasteiger partial charge in [0.15, 0.2) is 0 Å². The molecular formula is C15H21N3O2. The minimum Gasteiger partial charge on any atom is -0.370 e. The Kier molecular flexibility index (Phi) is 4.91. The van der Waals surface area contributed by atoms with Gasteiger partial charge in [-0.1, -0.05) is 18.2 Å². The number of amides is 2. The zero-order valence-corrected chi connectivity index (χ0v) is 12.3. The molecule has 1 aromatic heterocycles. The van der Waals surface area contributed by atoms with E-state index in [0.717, 1.165) is 22.2 Å². The fourth-order valence-corrected chi connectivity index (χ4v) is 2.24. The number of carbonyl (C=O) groups excluding carboxylic acids is 2. The number of aromatic nitrogens is 1. The van der Waals surface area contributed by atoms with Crippen LogP contribution >= 0.6 is 0 Å². The molecular weight excluding hydrogens is 254 g/mol. The van der Waals surface area contributed by atoms with E-state index in [1.807, 2.05) is 39.1 Å². The van der Waals surface area contributed by atoms with Crippen molar-refractivity contribution in [1.29, 1.82) is 0 Å². The van der Waals surface area contributed by atoms with Crippen LogP contribution in [0.1, 0.15) is 31.0 Å². The Labute approximate surface area is 118 Å². The van der Waals surface area contributed by atoms with Crippen LogP contribution in [-0.2, 0) is 16.6 Å². The Morgan fingerprint density at radius 1 is 1.20 bits per heavy atom. The standard InChI is InChI=1S/C13H16N2O.C2H5NO/c1-8(13(14)16)12-9(2)15(3)11-7-5-4-6-10(11)12;1-2(3)4/h4-8H,1-3H3,(H2,14,16);1H3,(H2,3,4). The summed E-state index contributed by atoms with van der Waals surface area (Å²) in [5.74, 6) is -0.856. The Hall–Kier alpha value is -2.30. The van der Waals surface area contributed by atoms with Crippen LogP contribution in [0.4, 0.5) is 0 Å². The van der Waals surface area contributed by atoms with Gasteiger partial charge in [0.2, 0.25) is 11.8 Å². The summed E-state index contributed by atoms with van der Waals surface area (Å²) in [7, 11) is 2.01. The van der Waals surface area contributed by atoms with E-state index in [0.29, 0.717) is 0 Å². The third-order valence-corrected chi connectivity index (χ3v) is 3.31. The first-order valence-corrected chi connectivity index (χ1v) is 6.36. The van der Waals surface area contributed by atoms with E-state index in [-0.39, 0.29) is 17.7 Å². The SMILES string of the molecule is CC(N)=O.Cc1c(C(C)C(N)=O)c2ccccc2n1C. The Morgan fingerprint density at radius 2 is 1.70 bits per heavy atom. The summed E-state index contributed by atoms with van der Waals surface area (Å²) < 4.78 is 2.10. The lowest BCUT2D eigenvalue weighted by Crippen LogP contribution is -2.19. The largest absolute Gasteiger partial charge is 0.370 e. The van der Waals surface area contributed by atoms with E-state index in [2.05, 4.69) is 16.4 Å². The average molecular weight is 275 g/mol. The highest BCUT2D eigenvalue weighted by Crippen LogP contribution is 2.30. The first-order valence-electron chi connectivity index (χ1n) is 6.36. The molecule has 5 nitrogen and oxygen atoms in total. The van der Waals surface area contributed by atoms with Gasteiger partial charge in [-0.2, -0.15) is 0 Å². The lowest BCUT2D eigenvalue weighted by atomic mass is 9.97. The molecule has 20 heavy (non-hydrogen) atoms. The van der Waals surface area contributed by atoms with Crippen LogP contribution in [0.25, 0.3) is 10.9 Å². The number of benzene rings is 1. The number of para-hydroxylation sites is 1. The fraction of sp³-hybridized carbons (Fsp3) is 0.333. The molecule has 0 saturated carbocycles. The fourth-order valence-electron chi connectivity index (χ4n) is 2.24. The van der Waals surface area contributed by atoms with E-state index >= 15 is 0 Å². The minimum atomic E-state index is -0.333. The number of primary amides is 2. The van der Waals surface area contributed by atoms with Crippen molar-refractivity contribution in [2.24, 2.45) is 18.5 Å². The molecule has 0 aliphatic carbocycles. The van der Waals surface area contributed by atoms with Gasteiger partial charge in [-0.3, -0.25) is 9.59 Å². The predicted octanol–water partition coefficient (Wildman–Crippen LogP) is 1.57. The molecule has 2 rings (SSSR count). The molecule has 0 saturated heterocycles. The molecule has 1 heterocycles. The van der Waals surface area contributed by atoms with Crippen LogP contribution in [0.5, 0.6) is 0 Å². The Bertz CT molecular complexity index is 640. The molecule has 0 aliphatic heterocycles. The summed E-state index contributed by atoms with van der Waals surface area (Å²) in [5.41, 5.74) is 13.2. The molecule has 0 spiro atoms. The summed E-state index contributed by atoms with van der Waals surface area (Å²) in [4.78, 5) is 20.5. The van der Waals surface area contributed by atoms with Crippen molar-refractivity contribution >= 4 is 22.7 Å². The summed E-state index contributed by atoms with van der Waals surface area (Å²) >= 11 is 0. The molecule has 0 radical (unpaired) electrons. The van der Waals surface area contributed by atoms with Gasteiger partial charge < -0.3 is 16.0 Å². The number of nitrogens with two attached hydrogens (primary N) is 2. The van der Waals surface area contributed by atoms with E-state index in [9.17, 15) is 9.59 Å². The maximum Gasteiger partial charge on any atom is 0.224 e. The molecule has 1 atom stereocenters. The molecule has 108 valence electrons. The second-order valence-electron chi connectivity index (χ2n) is 4.81. The average Bonchev–Trinajstić information content (AvgIpc) is 2.61. The van der Waals surface area contributed by atoms with E-state index in [1.54, 1.807) is 0 Å². The maximum atomic E-state index is 11.3. The van der Waals surface area contributed by atoms with E-state index < -0.39 is 0 Å². The number of carbonyl (C=O) groups is 2. The van der Waals surface area contributed by atoms with Crippen LogP contribution in [0.3, 0.4) is 0 Å². The van der Waals surface area contributed by atoms with Gasteiger partial charge >= 0.3 is 0 Å². The molecule has 5 heteroatoms. The zero-order chi connectivity index (χ0) is 15.4. The summed E-state index contributed by atoms with van der Waals surface area (Å²) in [6.07, 6.45) is 0. The number of fused-ring (bicyclic) bond motifs is 1. The van der Waals surface area contributed by atoms with Crippen LogP contribution in [0.2, 0.25) is 0 Å². The van der Waals surface area contributed by atoms with Crippen molar-refractivity contribution in [3.63, 3.8) is 0 Å². The smallest absolute Gasteiger partial charge is 0.224 e.